The maximum absolute atomic E-state index is 5.25. The fourth-order valence-corrected chi connectivity index (χ4v) is 3.74. The molecule has 2 aromatic rings. The van der Waals surface area contributed by atoms with Crippen LogP contribution in [0.3, 0.4) is 0 Å². The summed E-state index contributed by atoms with van der Waals surface area (Å²) in [5, 5.41) is 4.35. The Balaban J connectivity index is 1.53. The molecule has 23 heavy (non-hydrogen) atoms. The van der Waals surface area contributed by atoms with Crippen LogP contribution in [0.25, 0.3) is 11.0 Å². The largest absolute Gasteiger partial charge is 0.497 e. The number of fused-ring (bicyclic) bond motifs is 1. The van der Waals surface area contributed by atoms with E-state index in [-0.39, 0.29) is 0 Å². The van der Waals surface area contributed by atoms with Crippen LogP contribution in [0.15, 0.2) is 29.4 Å². The molecule has 5 nitrogen and oxygen atoms in total. The minimum absolute atomic E-state index is 0.695. The summed E-state index contributed by atoms with van der Waals surface area (Å²) in [5.74, 6) is 1.87. The molecular formula is C17H24N4OS. The van der Waals surface area contributed by atoms with Gasteiger partial charge in [-0.15, -0.1) is 11.8 Å². The fourth-order valence-electron chi connectivity index (χ4n) is 2.90. The summed E-state index contributed by atoms with van der Waals surface area (Å²) in [5.41, 5.74) is 1.80. The summed E-state index contributed by atoms with van der Waals surface area (Å²) < 4.78 is 5.25. The molecule has 1 aromatic heterocycles. The Morgan fingerprint density at radius 1 is 1.30 bits per heavy atom. The van der Waals surface area contributed by atoms with Gasteiger partial charge >= 0.3 is 0 Å². The molecule has 1 N–H and O–H groups in total. The van der Waals surface area contributed by atoms with Crippen molar-refractivity contribution in [2.24, 2.45) is 0 Å². The third-order valence-corrected chi connectivity index (χ3v) is 5.26. The first-order valence-corrected chi connectivity index (χ1v) is 9.10. The zero-order valence-electron chi connectivity index (χ0n) is 13.8. The lowest BCUT2D eigenvalue weighted by molar-refractivity contribution is 0.212. The van der Waals surface area contributed by atoms with E-state index in [9.17, 15) is 0 Å². The van der Waals surface area contributed by atoms with E-state index in [4.69, 9.17) is 4.74 Å². The Bertz CT molecular complexity index is 644. The summed E-state index contributed by atoms with van der Waals surface area (Å²) >= 11 is 1.78. The highest BCUT2D eigenvalue weighted by Crippen LogP contribution is 2.22. The second-order valence-electron chi connectivity index (χ2n) is 5.82. The first-order chi connectivity index (χ1) is 11.3. The molecule has 0 bridgehead atoms. The zero-order chi connectivity index (χ0) is 16.1. The number of benzene rings is 1. The second-order valence-corrected chi connectivity index (χ2v) is 6.93. The van der Waals surface area contributed by atoms with Crippen molar-refractivity contribution < 1.29 is 4.74 Å². The fraction of sp³-hybridized carbons (Fsp3) is 0.529. The molecule has 1 aliphatic heterocycles. The van der Waals surface area contributed by atoms with Crippen molar-refractivity contribution >= 4 is 22.8 Å². The van der Waals surface area contributed by atoms with E-state index in [1.54, 1.807) is 18.9 Å². The zero-order valence-corrected chi connectivity index (χ0v) is 14.6. The van der Waals surface area contributed by atoms with Gasteiger partial charge in [0.25, 0.3) is 0 Å². The number of thioether (sulfide) groups is 1. The van der Waals surface area contributed by atoms with Crippen LogP contribution in [0.1, 0.15) is 12.8 Å². The average Bonchev–Trinajstić information content (AvgIpc) is 2.61. The number of likely N-dealkylation sites (tertiary alicyclic amines) is 1. The standard InChI is InChI=1S/C17H24N4OS/c1-18-13-5-7-21(8-6-13)9-10-23-17-12-19-15-4-3-14(22-2)11-16(15)20-17/h3-4,11-13,18H,5-10H2,1-2H3. The van der Waals surface area contributed by atoms with Crippen molar-refractivity contribution in [2.45, 2.75) is 23.9 Å². The van der Waals surface area contributed by atoms with Gasteiger partial charge in [-0.1, -0.05) is 0 Å². The highest BCUT2D eigenvalue weighted by molar-refractivity contribution is 7.99. The highest BCUT2D eigenvalue weighted by atomic mass is 32.2. The molecule has 6 heteroatoms. The lowest BCUT2D eigenvalue weighted by Gasteiger charge is -2.31. The van der Waals surface area contributed by atoms with E-state index in [1.165, 1.54) is 25.9 Å². The molecular weight excluding hydrogens is 308 g/mol. The lowest BCUT2D eigenvalue weighted by Crippen LogP contribution is -2.41. The van der Waals surface area contributed by atoms with Gasteiger partial charge in [0.1, 0.15) is 10.8 Å². The van der Waals surface area contributed by atoms with Gasteiger partial charge in [-0.25, -0.2) is 4.98 Å². The summed E-state index contributed by atoms with van der Waals surface area (Å²) in [4.78, 5) is 11.7. The van der Waals surface area contributed by atoms with Crippen molar-refractivity contribution in [3.63, 3.8) is 0 Å². The number of aromatic nitrogens is 2. The molecule has 1 saturated heterocycles. The molecule has 0 radical (unpaired) electrons. The van der Waals surface area contributed by atoms with Gasteiger partial charge < -0.3 is 15.0 Å². The molecule has 1 fully saturated rings. The number of hydrogen-bond acceptors (Lipinski definition) is 6. The summed E-state index contributed by atoms with van der Waals surface area (Å²) in [6.45, 7) is 3.48. The first kappa shape index (κ1) is 16.5. The van der Waals surface area contributed by atoms with Crippen LogP contribution in [0.2, 0.25) is 0 Å². The van der Waals surface area contributed by atoms with Crippen LogP contribution in [0.5, 0.6) is 5.75 Å². The normalized spacial score (nSPS) is 16.8. The van der Waals surface area contributed by atoms with Crippen molar-refractivity contribution in [1.82, 2.24) is 20.2 Å². The van der Waals surface area contributed by atoms with Crippen molar-refractivity contribution in [2.75, 3.05) is 39.5 Å². The molecule has 0 atom stereocenters. The van der Waals surface area contributed by atoms with E-state index in [0.717, 1.165) is 34.1 Å². The number of nitrogens with zero attached hydrogens (tertiary/aromatic N) is 3. The number of methoxy groups -OCH3 is 1. The van der Waals surface area contributed by atoms with E-state index in [2.05, 4.69) is 27.2 Å². The van der Waals surface area contributed by atoms with E-state index < -0.39 is 0 Å². The molecule has 124 valence electrons. The Labute approximate surface area is 141 Å². The van der Waals surface area contributed by atoms with Crippen LogP contribution in [0.4, 0.5) is 0 Å². The third kappa shape index (κ3) is 4.34. The topological polar surface area (TPSA) is 50.3 Å². The molecule has 1 aliphatic rings. The molecule has 3 rings (SSSR count). The number of nitrogens with one attached hydrogen (secondary N) is 1. The summed E-state index contributed by atoms with van der Waals surface area (Å²) in [6.07, 6.45) is 4.36. The van der Waals surface area contributed by atoms with Gasteiger partial charge in [0.2, 0.25) is 0 Å². The Kier molecular flexibility index (Phi) is 5.70. The third-order valence-electron chi connectivity index (χ3n) is 4.38. The van der Waals surface area contributed by atoms with Gasteiger partial charge in [-0.05, 0) is 45.1 Å². The highest BCUT2D eigenvalue weighted by Gasteiger charge is 2.17. The lowest BCUT2D eigenvalue weighted by atomic mass is 10.1. The van der Waals surface area contributed by atoms with Crippen molar-refractivity contribution in [1.29, 1.82) is 0 Å². The molecule has 1 aromatic carbocycles. The molecule has 0 saturated carbocycles. The number of ether oxygens (including phenoxy) is 1. The molecule has 0 spiro atoms. The van der Waals surface area contributed by atoms with Gasteiger partial charge in [0.05, 0.1) is 24.3 Å². The Morgan fingerprint density at radius 2 is 2.13 bits per heavy atom. The predicted molar refractivity (Wildman–Crippen MR) is 95.3 cm³/mol. The van der Waals surface area contributed by atoms with Crippen LogP contribution >= 0.6 is 11.8 Å². The average molecular weight is 332 g/mol. The summed E-state index contributed by atoms with van der Waals surface area (Å²) in [6, 6.07) is 6.50. The van der Waals surface area contributed by atoms with Gasteiger partial charge in [-0.3, -0.25) is 4.98 Å². The van der Waals surface area contributed by atoms with E-state index in [0.29, 0.717) is 6.04 Å². The van der Waals surface area contributed by atoms with Crippen LogP contribution < -0.4 is 10.1 Å². The SMILES string of the molecule is CNC1CCN(CCSc2cnc3ccc(OC)cc3n2)CC1. The van der Waals surface area contributed by atoms with Crippen molar-refractivity contribution in [3.05, 3.63) is 24.4 Å². The molecule has 0 aliphatic carbocycles. The van der Waals surface area contributed by atoms with Crippen LogP contribution in [-0.4, -0.2) is 60.5 Å². The monoisotopic (exact) mass is 332 g/mol. The molecule has 0 unspecified atom stereocenters. The smallest absolute Gasteiger partial charge is 0.121 e. The predicted octanol–water partition coefficient (Wildman–Crippen LogP) is 2.41. The Morgan fingerprint density at radius 3 is 2.87 bits per heavy atom. The number of piperidine rings is 1. The minimum atomic E-state index is 0.695. The van der Waals surface area contributed by atoms with Crippen molar-refractivity contribution in [3.8, 4) is 5.75 Å². The Hall–Kier alpha value is -1.37. The van der Waals surface area contributed by atoms with Gasteiger partial charge in [0.15, 0.2) is 0 Å². The maximum Gasteiger partial charge on any atom is 0.121 e. The first-order valence-electron chi connectivity index (χ1n) is 8.11. The quantitative estimate of drug-likeness (QED) is 0.820. The molecule has 2 heterocycles. The summed E-state index contributed by atoms with van der Waals surface area (Å²) in [7, 11) is 3.73. The van der Waals surface area contributed by atoms with E-state index >= 15 is 0 Å². The molecule has 0 amide bonds. The van der Waals surface area contributed by atoms with Gasteiger partial charge in [-0.2, -0.15) is 0 Å². The van der Waals surface area contributed by atoms with Crippen LogP contribution in [-0.2, 0) is 0 Å². The minimum Gasteiger partial charge on any atom is -0.497 e. The van der Waals surface area contributed by atoms with Crippen LogP contribution in [0, 0.1) is 0 Å². The second kappa shape index (κ2) is 7.95. The number of rotatable bonds is 6. The van der Waals surface area contributed by atoms with Gasteiger partial charge in [0, 0.05) is 24.4 Å². The van der Waals surface area contributed by atoms with E-state index in [1.807, 2.05) is 24.4 Å². The maximum atomic E-state index is 5.25. The number of hydrogen-bond donors (Lipinski definition) is 1.